The van der Waals surface area contributed by atoms with Crippen LogP contribution in [0.1, 0.15) is 41.5 Å². The molecule has 0 aliphatic carbocycles. The Bertz CT molecular complexity index is 1080. The van der Waals surface area contributed by atoms with Gasteiger partial charge in [0.25, 0.3) is 11.5 Å². The maximum absolute atomic E-state index is 13.2. The second-order valence-electron chi connectivity index (χ2n) is 7.01. The Morgan fingerprint density at radius 2 is 2.00 bits per heavy atom. The van der Waals surface area contributed by atoms with Gasteiger partial charge in [-0.05, 0) is 56.5 Å². The Morgan fingerprint density at radius 3 is 2.78 bits per heavy atom. The maximum atomic E-state index is 13.2. The average molecular weight is 361 g/mol. The number of nitrogens with zero attached hydrogens (tertiary/aromatic N) is 3. The van der Waals surface area contributed by atoms with Crippen molar-refractivity contribution in [2.24, 2.45) is 0 Å². The minimum atomic E-state index is -0.0756. The summed E-state index contributed by atoms with van der Waals surface area (Å²) in [6.07, 6.45) is 2.87. The molecule has 27 heavy (non-hydrogen) atoms. The van der Waals surface area contributed by atoms with Crippen molar-refractivity contribution >= 4 is 22.5 Å². The van der Waals surface area contributed by atoms with Gasteiger partial charge in [0, 0.05) is 30.8 Å². The molecule has 2 heterocycles. The van der Waals surface area contributed by atoms with Crippen LogP contribution in [0.25, 0.3) is 10.9 Å². The van der Waals surface area contributed by atoms with Crippen LogP contribution in [0.2, 0.25) is 0 Å². The van der Waals surface area contributed by atoms with Gasteiger partial charge < -0.3 is 4.90 Å². The quantitative estimate of drug-likeness (QED) is 0.715. The first-order chi connectivity index (χ1) is 13.1. The molecule has 0 bridgehead atoms. The van der Waals surface area contributed by atoms with E-state index < -0.39 is 0 Å². The van der Waals surface area contributed by atoms with Crippen LogP contribution in [0, 0.1) is 6.92 Å². The van der Waals surface area contributed by atoms with Crippen LogP contribution in [-0.2, 0) is 13.0 Å². The molecule has 5 nitrogen and oxygen atoms in total. The largest absolute Gasteiger partial charge is 0.308 e. The minimum absolute atomic E-state index is 0.0000459. The van der Waals surface area contributed by atoms with Gasteiger partial charge in [-0.15, -0.1) is 0 Å². The molecule has 2 aromatic carbocycles. The van der Waals surface area contributed by atoms with Gasteiger partial charge in [0.2, 0.25) is 0 Å². The number of rotatable bonds is 3. The van der Waals surface area contributed by atoms with E-state index in [-0.39, 0.29) is 11.5 Å². The SMILES string of the molecule is CCN(C(=O)c1ccc2c(=O)n3c(nc2c1)CCCC3)c1ccccc1C. The summed E-state index contributed by atoms with van der Waals surface area (Å²) < 4.78 is 1.78. The third-order valence-electron chi connectivity index (χ3n) is 5.28. The normalized spacial score (nSPS) is 13.4. The molecule has 0 unspecified atom stereocenters. The van der Waals surface area contributed by atoms with Crippen LogP contribution in [0.4, 0.5) is 5.69 Å². The lowest BCUT2D eigenvalue weighted by molar-refractivity contribution is 0.0988. The van der Waals surface area contributed by atoms with Gasteiger partial charge in [0.05, 0.1) is 10.9 Å². The van der Waals surface area contributed by atoms with Gasteiger partial charge in [0.15, 0.2) is 0 Å². The first-order valence-corrected chi connectivity index (χ1v) is 9.51. The maximum Gasteiger partial charge on any atom is 0.261 e. The van der Waals surface area contributed by atoms with Crippen LogP contribution in [0.3, 0.4) is 0 Å². The van der Waals surface area contributed by atoms with Gasteiger partial charge in [-0.25, -0.2) is 4.98 Å². The van der Waals surface area contributed by atoms with E-state index in [0.29, 0.717) is 23.0 Å². The first kappa shape index (κ1) is 17.5. The fourth-order valence-electron chi connectivity index (χ4n) is 3.82. The Labute approximate surface area is 158 Å². The number of carbonyl (C=O) groups excluding carboxylic acids is 1. The molecule has 0 radical (unpaired) electrons. The summed E-state index contributed by atoms with van der Waals surface area (Å²) in [4.78, 5) is 32.4. The predicted molar refractivity (Wildman–Crippen MR) is 107 cm³/mol. The van der Waals surface area contributed by atoms with E-state index in [9.17, 15) is 9.59 Å². The molecule has 138 valence electrons. The molecule has 1 aliphatic heterocycles. The third kappa shape index (κ3) is 3.03. The van der Waals surface area contributed by atoms with Gasteiger partial charge in [-0.3, -0.25) is 14.2 Å². The molecule has 0 fully saturated rings. The summed E-state index contributed by atoms with van der Waals surface area (Å²) in [5.41, 5.74) is 3.13. The highest BCUT2D eigenvalue weighted by molar-refractivity contribution is 6.08. The summed E-state index contributed by atoms with van der Waals surface area (Å²) in [6, 6.07) is 13.1. The van der Waals surface area contributed by atoms with Crippen molar-refractivity contribution in [1.29, 1.82) is 0 Å². The molecular weight excluding hydrogens is 338 g/mol. The molecule has 0 saturated heterocycles. The van der Waals surface area contributed by atoms with E-state index in [0.717, 1.165) is 42.9 Å². The van der Waals surface area contributed by atoms with E-state index in [1.54, 1.807) is 27.7 Å². The topological polar surface area (TPSA) is 55.2 Å². The molecule has 0 spiro atoms. The van der Waals surface area contributed by atoms with Crippen molar-refractivity contribution in [2.75, 3.05) is 11.4 Å². The number of carbonyl (C=O) groups is 1. The molecule has 1 aromatic heterocycles. The molecule has 1 amide bonds. The second-order valence-corrected chi connectivity index (χ2v) is 7.01. The van der Waals surface area contributed by atoms with Crippen molar-refractivity contribution in [3.8, 4) is 0 Å². The Balaban J connectivity index is 1.78. The number of benzene rings is 2. The van der Waals surface area contributed by atoms with Crippen molar-refractivity contribution in [1.82, 2.24) is 9.55 Å². The van der Waals surface area contributed by atoms with Crippen molar-refractivity contribution in [2.45, 2.75) is 39.7 Å². The van der Waals surface area contributed by atoms with Gasteiger partial charge in [-0.2, -0.15) is 0 Å². The summed E-state index contributed by atoms with van der Waals surface area (Å²) in [5, 5.41) is 0.580. The standard InChI is InChI=1S/C22H23N3O2/c1-3-24(19-9-5-4-8-15(19)2)21(26)16-11-12-17-18(14-16)23-20-10-6-7-13-25(20)22(17)27/h4-5,8-9,11-12,14H,3,6-7,10,13H2,1-2H3. The predicted octanol–water partition coefficient (Wildman–Crippen LogP) is 3.71. The van der Waals surface area contributed by atoms with E-state index in [1.165, 1.54) is 0 Å². The smallest absolute Gasteiger partial charge is 0.261 e. The highest BCUT2D eigenvalue weighted by Gasteiger charge is 2.20. The number of aryl methyl sites for hydroxylation is 2. The van der Waals surface area contributed by atoms with Crippen LogP contribution in [0.15, 0.2) is 47.3 Å². The zero-order valence-corrected chi connectivity index (χ0v) is 15.7. The average Bonchev–Trinajstić information content (AvgIpc) is 2.69. The second kappa shape index (κ2) is 6.99. The number of amides is 1. The lowest BCUT2D eigenvalue weighted by Crippen LogP contribution is -2.31. The first-order valence-electron chi connectivity index (χ1n) is 9.51. The number of hydrogen-bond acceptors (Lipinski definition) is 3. The molecule has 5 heteroatoms. The molecule has 0 saturated carbocycles. The van der Waals surface area contributed by atoms with E-state index in [4.69, 9.17) is 0 Å². The van der Waals surface area contributed by atoms with Gasteiger partial charge in [0.1, 0.15) is 5.82 Å². The Kier molecular flexibility index (Phi) is 4.52. The summed E-state index contributed by atoms with van der Waals surface area (Å²) in [6.45, 7) is 5.27. The van der Waals surface area contributed by atoms with E-state index >= 15 is 0 Å². The third-order valence-corrected chi connectivity index (χ3v) is 5.28. The molecular formula is C22H23N3O2. The van der Waals surface area contributed by atoms with Gasteiger partial charge in [-0.1, -0.05) is 18.2 Å². The number of para-hydroxylation sites is 1. The van der Waals surface area contributed by atoms with Crippen molar-refractivity contribution in [3.63, 3.8) is 0 Å². The fourth-order valence-corrected chi connectivity index (χ4v) is 3.82. The summed E-state index contributed by atoms with van der Waals surface area (Å²) in [5.74, 6) is 0.753. The summed E-state index contributed by atoms with van der Waals surface area (Å²) in [7, 11) is 0. The van der Waals surface area contributed by atoms with Crippen molar-refractivity contribution < 1.29 is 4.79 Å². The van der Waals surface area contributed by atoms with E-state index in [1.807, 2.05) is 38.1 Å². The van der Waals surface area contributed by atoms with Crippen LogP contribution in [0.5, 0.6) is 0 Å². The lowest BCUT2D eigenvalue weighted by atomic mass is 10.1. The zero-order chi connectivity index (χ0) is 19.0. The molecule has 0 N–H and O–H groups in total. The Hall–Kier alpha value is -2.95. The Morgan fingerprint density at radius 1 is 1.19 bits per heavy atom. The van der Waals surface area contributed by atoms with Crippen LogP contribution < -0.4 is 10.5 Å². The molecule has 4 rings (SSSR count). The molecule has 3 aromatic rings. The summed E-state index contributed by atoms with van der Waals surface area (Å²) >= 11 is 0. The number of anilines is 1. The highest BCUT2D eigenvalue weighted by Crippen LogP contribution is 2.23. The highest BCUT2D eigenvalue weighted by atomic mass is 16.2. The number of hydrogen-bond donors (Lipinski definition) is 0. The number of aromatic nitrogens is 2. The number of fused-ring (bicyclic) bond motifs is 2. The lowest BCUT2D eigenvalue weighted by Gasteiger charge is -2.23. The molecule has 0 atom stereocenters. The fraction of sp³-hybridized carbons (Fsp3) is 0.318. The van der Waals surface area contributed by atoms with E-state index in [2.05, 4.69) is 4.98 Å². The van der Waals surface area contributed by atoms with Crippen LogP contribution in [-0.4, -0.2) is 22.0 Å². The zero-order valence-electron chi connectivity index (χ0n) is 15.7. The van der Waals surface area contributed by atoms with Crippen LogP contribution >= 0.6 is 0 Å². The minimum Gasteiger partial charge on any atom is -0.308 e. The monoisotopic (exact) mass is 361 g/mol. The van der Waals surface area contributed by atoms with Gasteiger partial charge >= 0.3 is 0 Å². The molecule has 1 aliphatic rings. The van der Waals surface area contributed by atoms with Crippen molar-refractivity contribution in [3.05, 3.63) is 69.8 Å².